The zero-order valence-corrected chi connectivity index (χ0v) is 28.2. The fourth-order valence-corrected chi connectivity index (χ4v) is 5.99. The number of aryl methyl sites for hydroxylation is 1. The minimum absolute atomic E-state index is 0.240. The molecule has 9 nitrogen and oxygen atoms in total. The molecule has 0 unspecified atom stereocenters. The van der Waals surface area contributed by atoms with Crippen molar-refractivity contribution in [1.82, 2.24) is 24.4 Å². The third-order valence-corrected chi connectivity index (χ3v) is 8.58. The first-order chi connectivity index (χ1) is 23.3. The molecule has 0 aliphatic heterocycles. The molecule has 3 aromatic carbocycles. The molecule has 0 spiro atoms. The molecule has 0 radical (unpaired) electrons. The van der Waals surface area contributed by atoms with Gasteiger partial charge in [-0.3, -0.25) is 4.79 Å². The molecule has 0 N–H and O–H groups in total. The highest BCUT2D eigenvalue weighted by molar-refractivity contribution is 7.15. The van der Waals surface area contributed by atoms with Gasteiger partial charge in [0.05, 0.1) is 23.9 Å². The topological polar surface area (TPSA) is 92.8 Å². The number of nitrogens with zero attached hydrogens (tertiary/aromatic N) is 5. The van der Waals surface area contributed by atoms with Gasteiger partial charge in [0.15, 0.2) is 17.3 Å². The summed E-state index contributed by atoms with van der Waals surface area (Å²) in [5.41, 5.74) is 5.08. The molecule has 0 aliphatic carbocycles. The Bertz CT molecular complexity index is 2200. The summed E-state index contributed by atoms with van der Waals surface area (Å²) >= 11 is 1.29. The molecular weight excluding hydrogens is 623 g/mol. The van der Waals surface area contributed by atoms with E-state index in [0.717, 1.165) is 45.8 Å². The summed E-state index contributed by atoms with van der Waals surface area (Å²) < 4.78 is 20.8. The van der Waals surface area contributed by atoms with Crippen molar-refractivity contribution >= 4 is 34.5 Å². The van der Waals surface area contributed by atoms with Crippen LogP contribution in [0.1, 0.15) is 42.8 Å². The van der Waals surface area contributed by atoms with E-state index >= 15 is 0 Å². The molecule has 3 aromatic heterocycles. The van der Waals surface area contributed by atoms with Gasteiger partial charge in [-0.25, -0.2) is 4.68 Å². The predicted molar refractivity (Wildman–Crippen MR) is 192 cm³/mol. The summed E-state index contributed by atoms with van der Waals surface area (Å²) in [6.45, 7) is 11.1. The van der Waals surface area contributed by atoms with Gasteiger partial charge < -0.3 is 14.2 Å². The molecule has 3 heterocycles. The largest absolute Gasteiger partial charge is 0.493 e. The Morgan fingerprint density at radius 1 is 0.958 bits per heavy atom. The number of aromatic nitrogens is 5. The van der Waals surface area contributed by atoms with Crippen LogP contribution in [0.15, 0.2) is 90.4 Å². The molecule has 0 bridgehead atoms. The van der Waals surface area contributed by atoms with Crippen molar-refractivity contribution < 1.29 is 14.2 Å². The standard InChI is InChI=1S/C38H37N5O4S/c1-6-19-46-32-15-12-27(22-33(32)45-5)13-17-35-39-38-43(40-35)37(44)34(48-38)23-29-24-42(30-10-8-7-9-11-30)41-36(29)28-14-16-31(26(4)21-28)47-20-18-25(2)3/h6-17,21-25H,1,18-20H2,2-5H3/b17-13+,34-23-. The molecule has 6 rings (SSSR count). The van der Waals surface area contributed by atoms with Crippen molar-refractivity contribution in [2.24, 2.45) is 5.92 Å². The van der Waals surface area contributed by atoms with E-state index in [1.54, 1.807) is 19.3 Å². The van der Waals surface area contributed by atoms with E-state index in [4.69, 9.17) is 19.3 Å². The first-order valence-electron chi connectivity index (χ1n) is 15.7. The maximum atomic E-state index is 13.5. The first-order valence-corrected chi connectivity index (χ1v) is 16.5. The highest BCUT2D eigenvalue weighted by Gasteiger charge is 2.15. The quantitative estimate of drug-likeness (QED) is 0.123. The number of fused-ring (bicyclic) bond motifs is 1. The number of methoxy groups -OCH3 is 1. The number of benzene rings is 3. The molecule has 6 aromatic rings. The highest BCUT2D eigenvalue weighted by atomic mass is 32.1. The number of para-hydroxylation sites is 1. The van der Waals surface area contributed by atoms with Crippen molar-refractivity contribution in [2.45, 2.75) is 27.2 Å². The lowest BCUT2D eigenvalue weighted by Crippen LogP contribution is -2.23. The maximum Gasteiger partial charge on any atom is 0.291 e. The summed E-state index contributed by atoms with van der Waals surface area (Å²) in [5.74, 6) is 3.10. The number of ether oxygens (including phenoxy) is 3. The molecule has 10 heteroatoms. The van der Waals surface area contributed by atoms with Gasteiger partial charge >= 0.3 is 0 Å². The van der Waals surface area contributed by atoms with E-state index in [-0.39, 0.29) is 5.56 Å². The molecular formula is C38H37N5O4S. The SMILES string of the molecule is C=CCOc1ccc(/C=C/c2nc3s/c(=C\c4cn(-c5ccccc5)nc4-c4ccc(OCCC(C)C)c(C)c4)c(=O)n3n2)cc1OC. The van der Waals surface area contributed by atoms with Gasteiger partial charge in [-0.2, -0.15) is 14.6 Å². The van der Waals surface area contributed by atoms with E-state index in [0.29, 0.717) is 45.9 Å². The molecule has 0 fully saturated rings. The Morgan fingerprint density at radius 2 is 1.77 bits per heavy atom. The average Bonchev–Trinajstić information content (AvgIpc) is 3.78. The Balaban J connectivity index is 1.32. The molecule has 0 saturated heterocycles. The summed E-state index contributed by atoms with van der Waals surface area (Å²) in [5, 5.41) is 9.43. The molecule has 0 atom stereocenters. The number of thiazole rings is 1. The Morgan fingerprint density at radius 3 is 2.50 bits per heavy atom. The maximum absolute atomic E-state index is 13.5. The zero-order chi connectivity index (χ0) is 33.6. The lowest BCUT2D eigenvalue weighted by atomic mass is 10.0. The number of rotatable bonds is 13. The molecule has 48 heavy (non-hydrogen) atoms. The van der Waals surface area contributed by atoms with Crippen molar-refractivity contribution in [3.63, 3.8) is 0 Å². The fourth-order valence-electron chi connectivity index (χ4n) is 5.08. The summed E-state index contributed by atoms with van der Waals surface area (Å²) in [6.07, 6.45) is 10.1. The molecule has 0 aliphatic rings. The van der Waals surface area contributed by atoms with E-state index in [1.807, 2.05) is 90.6 Å². The van der Waals surface area contributed by atoms with E-state index in [9.17, 15) is 4.79 Å². The zero-order valence-electron chi connectivity index (χ0n) is 27.4. The average molecular weight is 660 g/mol. The van der Waals surface area contributed by atoms with E-state index < -0.39 is 0 Å². The van der Waals surface area contributed by atoms with Gasteiger partial charge in [0.1, 0.15) is 18.1 Å². The van der Waals surface area contributed by atoms with Gasteiger partial charge in [-0.15, -0.1) is 5.10 Å². The third-order valence-electron chi connectivity index (χ3n) is 7.62. The van der Waals surface area contributed by atoms with Crippen LogP contribution >= 0.6 is 11.3 Å². The van der Waals surface area contributed by atoms with Crippen LogP contribution < -0.4 is 24.3 Å². The van der Waals surface area contributed by atoms with Crippen LogP contribution in [-0.2, 0) is 0 Å². The smallest absolute Gasteiger partial charge is 0.291 e. The second kappa shape index (κ2) is 14.5. The van der Waals surface area contributed by atoms with Crippen LogP contribution in [0.25, 0.3) is 40.1 Å². The van der Waals surface area contributed by atoms with Crippen molar-refractivity contribution in [2.75, 3.05) is 20.3 Å². The Hall–Kier alpha value is -5.48. The molecule has 0 amide bonds. The van der Waals surface area contributed by atoms with Gasteiger partial charge in [0.2, 0.25) is 4.96 Å². The summed E-state index contributed by atoms with van der Waals surface area (Å²) in [4.78, 5) is 18.6. The number of hydrogen-bond acceptors (Lipinski definition) is 8. The second-order valence-corrected chi connectivity index (χ2v) is 12.7. The molecule has 244 valence electrons. The molecule has 0 saturated carbocycles. The highest BCUT2D eigenvalue weighted by Crippen LogP contribution is 2.30. The van der Waals surface area contributed by atoms with Gasteiger partial charge in [0.25, 0.3) is 5.56 Å². The van der Waals surface area contributed by atoms with E-state index in [1.165, 1.54) is 15.9 Å². The lowest BCUT2D eigenvalue weighted by molar-refractivity contribution is 0.288. The monoisotopic (exact) mass is 659 g/mol. The summed E-state index contributed by atoms with van der Waals surface area (Å²) in [6, 6.07) is 21.6. The first kappa shape index (κ1) is 32.5. The minimum Gasteiger partial charge on any atom is -0.493 e. The van der Waals surface area contributed by atoms with Crippen LogP contribution in [-0.4, -0.2) is 44.7 Å². The Kier molecular flexibility index (Phi) is 9.82. The van der Waals surface area contributed by atoms with Crippen molar-refractivity contribution in [1.29, 1.82) is 0 Å². The van der Waals surface area contributed by atoms with Gasteiger partial charge in [-0.1, -0.05) is 68.2 Å². The number of hydrogen-bond donors (Lipinski definition) is 0. The normalized spacial score (nSPS) is 12.0. The van der Waals surface area contributed by atoms with Crippen LogP contribution in [0.5, 0.6) is 17.2 Å². The van der Waals surface area contributed by atoms with Crippen LogP contribution in [0.2, 0.25) is 0 Å². The van der Waals surface area contributed by atoms with E-state index in [2.05, 4.69) is 36.6 Å². The lowest BCUT2D eigenvalue weighted by Gasteiger charge is -2.11. The predicted octanol–water partition coefficient (Wildman–Crippen LogP) is 7.03. The van der Waals surface area contributed by atoms with Gasteiger partial charge in [0, 0.05) is 17.3 Å². The Labute approximate surface area is 283 Å². The second-order valence-electron chi connectivity index (χ2n) is 11.6. The third kappa shape index (κ3) is 7.24. The fraction of sp³-hybridized carbons (Fsp3) is 0.211. The minimum atomic E-state index is -0.240. The van der Waals surface area contributed by atoms with Crippen molar-refractivity contribution in [3.8, 4) is 34.2 Å². The summed E-state index contributed by atoms with van der Waals surface area (Å²) in [7, 11) is 1.59. The van der Waals surface area contributed by atoms with Crippen LogP contribution in [0, 0.1) is 12.8 Å². The van der Waals surface area contributed by atoms with Crippen LogP contribution in [0.4, 0.5) is 0 Å². The van der Waals surface area contributed by atoms with Gasteiger partial charge in [-0.05, 0) is 85.0 Å². The van der Waals surface area contributed by atoms with Crippen LogP contribution in [0.3, 0.4) is 0 Å². The van der Waals surface area contributed by atoms with Crippen molar-refractivity contribution in [3.05, 3.63) is 123 Å².